The largest absolute Gasteiger partial charge is 0.480 e. The maximum atomic E-state index is 11.9. The summed E-state index contributed by atoms with van der Waals surface area (Å²) in [5.74, 6) is -2.49. The lowest BCUT2D eigenvalue weighted by Gasteiger charge is -2.30. The van der Waals surface area contributed by atoms with Crippen LogP contribution in [0.5, 0.6) is 0 Å². The van der Waals surface area contributed by atoms with E-state index in [1.165, 1.54) is 0 Å². The average Bonchev–Trinajstić information content (AvgIpc) is 2.49. The fraction of sp³-hybridized carbons (Fsp3) is 0.125. The van der Waals surface area contributed by atoms with Crippen LogP contribution < -0.4 is 0 Å². The first-order chi connectivity index (χ1) is 10.1. The molecule has 2 aromatic carbocycles. The van der Waals surface area contributed by atoms with Gasteiger partial charge in [0.15, 0.2) is 0 Å². The fourth-order valence-corrected chi connectivity index (χ4v) is 2.16. The van der Waals surface area contributed by atoms with Crippen molar-refractivity contribution in [1.82, 2.24) is 0 Å². The zero-order valence-corrected chi connectivity index (χ0v) is 11.1. The van der Waals surface area contributed by atoms with Crippen molar-refractivity contribution in [2.45, 2.75) is 5.60 Å². The summed E-state index contributed by atoms with van der Waals surface area (Å²) < 4.78 is 5.33. The molecule has 0 atom stereocenters. The van der Waals surface area contributed by atoms with Crippen molar-refractivity contribution >= 4 is 11.9 Å². The third kappa shape index (κ3) is 2.93. The molecule has 21 heavy (non-hydrogen) atoms. The lowest BCUT2D eigenvalue weighted by atomic mass is 9.86. The molecule has 0 bridgehead atoms. The van der Waals surface area contributed by atoms with Gasteiger partial charge in [0.1, 0.15) is 6.61 Å². The van der Waals surface area contributed by atoms with Crippen LogP contribution in [0.2, 0.25) is 0 Å². The Bertz CT molecular complexity index is 582. The Morgan fingerprint density at radius 3 is 1.62 bits per heavy atom. The number of carboxylic acid groups (broad SMARTS) is 2. The van der Waals surface area contributed by atoms with E-state index in [9.17, 15) is 14.7 Å². The lowest BCUT2D eigenvalue weighted by Crippen LogP contribution is -2.41. The van der Waals surface area contributed by atoms with Gasteiger partial charge in [-0.15, -0.1) is 0 Å². The first kappa shape index (κ1) is 14.7. The van der Waals surface area contributed by atoms with Crippen LogP contribution in [0.1, 0.15) is 11.1 Å². The number of carbonyl (C=O) groups is 2. The zero-order valence-electron chi connectivity index (χ0n) is 11.1. The standard InChI is InChI=1S/C16H14O5/c17-14(18)11-21-16(15(19)20,12-7-3-1-4-8-12)13-9-5-2-6-10-13/h1-10H,11H2,(H,17,18)(H,19,20). The molecule has 0 saturated carbocycles. The number of benzene rings is 2. The molecule has 0 aliphatic carbocycles. The molecule has 0 saturated heterocycles. The Morgan fingerprint density at radius 1 is 0.857 bits per heavy atom. The predicted molar refractivity (Wildman–Crippen MR) is 74.9 cm³/mol. The van der Waals surface area contributed by atoms with Crippen LogP contribution in [-0.4, -0.2) is 28.8 Å². The molecule has 0 unspecified atom stereocenters. The molecule has 2 N–H and O–H groups in total. The Kier molecular flexibility index (Phi) is 4.35. The quantitative estimate of drug-likeness (QED) is 0.849. The van der Waals surface area contributed by atoms with Gasteiger partial charge in [0.25, 0.3) is 0 Å². The van der Waals surface area contributed by atoms with E-state index in [0.29, 0.717) is 11.1 Å². The normalized spacial score (nSPS) is 11.0. The summed E-state index contributed by atoms with van der Waals surface area (Å²) >= 11 is 0. The molecule has 108 valence electrons. The summed E-state index contributed by atoms with van der Waals surface area (Å²) in [7, 11) is 0. The number of ether oxygens (including phenoxy) is 1. The number of carboxylic acids is 2. The second-order valence-corrected chi connectivity index (χ2v) is 4.40. The van der Waals surface area contributed by atoms with E-state index in [1.54, 1.807) is 60.7 Å². The monoisotopic (exact) mass is 286 g/mol. The molecule has 0 aliphatic rings. The highest BCUT2D eigenvalue weighted by Gasteiger charge is 2.44. The molecule has 0 spiro atoms. The number of hydrogen-bond acceptors (Lipinski definition) is 3. The SMILES string of the molecule is O=C(O)COC(C(=O)O)(c1ccccc1)c1ccccc1. The maximum Gasteiger partial charge on any atom is 0.345 e. The second-order valence-electron chi connectivity index (χ2n) is 4.40. The van der Waals surface area contributed by atoms with E-state index in [-0.39, 0.29) is 0 Å². The van der Waals surface area contributed by atoms with Crippen molar-refractivity contribution in [2.75, 3.05) is 6.61 Å². The summed E-state index contributed by atoms with van der Waals surface area (Å²) in [5, 5.41) is 18.6. The first-order valence-corrected chi connectivity index (χ1v) is 6.27. The Morgan fingerprint density at radius 2 is 1.29 bits per heavy atom. The summed E-state index contributed by atoms with van der Waals surface area (Å²) in [6.07, 6.45) is 0. The lowest BCUT2D eigenvalue weighted by molar-refractivity contribution is -0.167. The van der Waals surface area contributed by atoms with Crippen molar-refractivity contribution in [3.8, 4) is 0 Å². The molecule has 0 heterocycles. The summed E-state index contributed by atoms with van der Waals surface area (Å²) in [6, 6.07) is 16.6. The number of aliphatic carboxylic acids is 2. The van der Waals surface area contributed by atoms with E-state index in [1.807, 2.05) is 0 Å². The van der Waals surface area contributed by atoms with Crippen molar-refractivity contribution < 1.29 is 24.5 Å². The van der Waals surface area contributed by atoms with Crippen molar-refractivity contribution in [2.24, 2.45) is 0 Å². The summed E-state index contributed by atoms with van der Waals surface area (Å²) in [4.78, 5) is 22.7. The van der Waals surface area contributed by atoms with Gasteiger partial charge < -0.3 is 14.9 Å². The molecule has 5 heteroatoms. The van der Waals surface area contributed by atoms with Gasteiger partial charge in [0.05, 0.1) is 0 Å². The summed E-state index contributed by atoms with van der Waals surface area (Å²) in [6.45, 7) is -0.712. The van der Waals surface area contributed by atoms with E-state index < -0.39 is 24.1 Å². The zero-order chi connectivity index (χ0) is 15.3. The van der Waals surface area contributed by atoms with Gasteiger partial charge in [0.2, 0.25) is 5.60 Å². The molecule has 0 aromatic heterocycles. The average molecular weight is 286 g/mol. The Balaban J connectivity index is 2.60. The molecule has 2 rings (SSSR count). The van der Waals surface area contributed by atoms with Gasteiger partial charge in [-0.25, -0.2) is 9.59 Å². The van der Waals surface area contributed by atoms with Gasteiger partial charge in [-0.3, -0.25) is 0 Å². The van der Waals surface area contributed by atoms with Crippen LogP contribution in [0, 0.1) is 0 Å². The maximum absolute atomic E-state index is 11.9. The Hall–Kier alpha value is -2.66. The van der Waals surface area contributed by atoms with Crippen molar-refractivity contribution in [3.05, 3.63) is 71.8 Å². The van der Waals surface area contributed by atoms with E-state index in [0.717, 1.165) is 0 Å². The van der Waals surface area contributed by atoms with Crippen LogP contribution in [0.3, 0.4) is 0 Å². The second kappa shape index (κ2) is 6.19. The van der Waals surface area contributed by atoms with Crippen molar-refractivity contribution in [1.29, 1.82) is 0 Å². The molecule has 0 fully saturated rings. The highest BCUT2D eigenvalue weighted by atomic mass is 16.5. The number of hydrogen-bond donors (Lipinski definition) is 2. The molecular weight excluding hydrogens is 272 g/mol. The van der Waals surface area contributed by atoms with Crippen molar-refractivity contribution in [3.63, 3.8) is 0 Å². The van der Waals surface area contributed by atoms with Crippen LogP contribution in [0.15, 0.2) is 60.7 Å². The van der Waals surface area contributed by atoms with Gasteiger partial charge in [-0.1, -0.05) is 60.7 Å². The number of rotatable bonds is 6. The first-order valence-electron chi connectivity index (χ1n) is 6.27. The van der Waals surface area contributed by atoms with Crippen LogP contribution >= 0.6 is 0 Å². The molecule has 0 aliphatic heterocycles. The van der Waals surface area contributed by atoms with E-state index in [2.05, 4.69) is 0 Å². The minimum atomic E-state index is -1.85. The highest BCUT2D eigenvalue weighted by molar-refractivity contribution is 5.84. The third-order valence-corrected chi connectivity index (χ3v) is 3.07. The van der Waals surface area contributed by atoms with Gasteiger partial charge in [-0.05, 0) is 11.1 Å². The topological polar surface area (TPSA) is 83.8 Å². The molecule has 0 radical (unpaired) electrons. The molecular formula is C16H14O5. The highest BCUT2D eigenvalue weighted by Crippen LogP contribution is 2.34. The van der Waals surface area contributed by atoms with Crippen LogP contribution in [0.4, 0.5) is 0 Å². The Labute approximate surface area is 121 Å². The van der Waals surface area contributed by atoms with Crippen LogP contribution in [-0.2, 0) is 19.9 Å². The van der Waals surface area contributed by atoms with Gasteiger partial charge in [0, 0.05) is 0 Å². The van der Waals surface area contributed by atoms with E-state index in [4.69, 9.17) is 9.84 Å². The third-order valence-electron chi connectivity index (χ3n) is 3.07. The molecule has 0 amide bonds. The van der Waals surface area contributed by atoms with Gasteiger partial charge in [-0.2, -0.15) is 0 Å². The molecule has 5 nitrogen and oxygen atoms in total. The minimum absolute atomic E-state index is 0.366. The molecule has 2 aromatic rings. The van der Waals surface area contributed by atoms with Gasteiger partial charge >= 0.3 is 11.9 Å². The van der Waals surface area contributed by atoms with Crippen LogP contribution in [0.25, 0.3) is 0 Å². The smallest absolute Gasteiger partial charge is 0.345 e. The summed E-state index contributed by atoms with van der Waals surface area (Å²) in [5.41, 5.74) is -1.11. The fourth-order valence-electron chi connectivity index (χ4n) is 2.16. The minimum Gasteiger partial charge on any atom is -0.480 e. The predicted octanol–water partition coefficient (Wildman–Crippen LogP) is 2.12. The van der Waals surface area contributed by atoms with E-state index >= 15 is 0 Å².